The molecule has 5 aromatic carbocycles. The molecule has 0 spiro atoms. The molecule has 5 aromatic rings. The molecule has 0 saturated carbocycles. The highest BCUT2D eigenvalue weighted by Gasteiger charge is 2.26. The second kappa shape index (κ2) is 17.8. The summed E-state index contributed by atoms with van der Waals surface area (Å²) in [6.07, 6.45) is 4.42. The molecule has 0 bridgehead atoms. The minimum Gasteiger partial charge on any atom is -0.0613 e. The van der Waals surface area contributed by atoms with Crippen molar-refractivity contribution in [3.63, 3.8) is 0 Å². The van der Waals surface area contributed by atoms with Crippen molar-refractivity contribution in [3.8, 4) is 33.4 Å². The summed E-state index contributed by atoms with van der Waals surface area (Å²) in [7, 11) is 0. The molecule has 0 atom stereocenters. The topological polar surface area (TPSA) is 0 Å². The first-order valence-corrected chi connectivity index (χ1v) is 22.5. The Hall–Kier alpha value is -3.90. The van der Waals surface area contributed by atoms with Gasteiger partial charge in [-0.1, -0.05) is 27.7 Å². The van der Waals surface area contributed by atoms with Crippen LogP contribution in [0.1, 0.15) is 161 Å². The SMILES string of the molecule is CCc1c(C)c(C)c(-c2c(C)c(C)c(-c3c(C)c(C)c(CC)c(C)c3C)c(C)c2C)c(C)c1C.CCc1c(C)c(C)c(-c2c(C)c(C)c(CC)c(C)c2C)c(C)c1C. The van der Waals surface area contributed by atoms with E-state index in [-0.39, 0.29) is 0 Å². The van der Waals surface area contributed by atoms with Crippen LogP contribution in [0.4, 0.5) is 0 Å². The summed E-state index contributed by atoms with van der Waals surface area (Å²) in [5.74, 6) is 0. The van der Waals surface area contributed by atoms with Crippen LogP contribution in [0.15, 0.2) is 0 Å². The summed E-state index contributed by atoms with van der Waals surface area (Å²) in [5.41, 5.74) is 44.0. The van der Waals surface area contributed by atoms with E-state index in [0.717, 1.165) is 25.7 Å². The zero-order chi connectivity index (χ0) is 44.1. The fourth-order valence-corrected chi connectivity index (χ4v) is 11.2. The van der Waals surface area contributed by atoms with E-state index in [1.54, 1.807) is 0 Å². The van der Waals surface area contributed by atoms with Gasteiger partial charge in [-0.25, -0.2) is 0 Å². The lowest BCUT2D eigenvalue weighted by molar-refractivity contribution is 1.04. The largest absolute Gasteiger partial charge is 0.0613 e. The Morgan fingerprint density at radius 3 is 0.328 bits per heavy atom. The number of hydrogen-bond acceptors (Lipinski definition) is 0. The summed E-state index contributed by atoms with van der Waals surface area (Å²) in [6.45, 7) is 55.6. The van der Waals surface area contributed by atoms with Gasteiger partial charge in [-0.15, -0.1) is 0 Å². The van der Waals surface area contributed by atoms with Crippen LogP contribution >= 0.6 is 0 Å². The average Bonchev–Trinajstić information content (AvgIpc) is 3.19. The van der Waals surface area contributed by atoms with E-state index in [1.807, 2.05) is 0 Å². The Kier molecular flexibility index (Phi) is 14.3. The minimum absolute atomic E-state index is 1.10. The molecule has 0 aliphatic heterocycles. The van der Waals surface area contributed by atoms with Gasteiger partial charge >= 0.3 is 0 Å². The number of benzene rings is 5. The Bertz CT molecular complexity index is 2130. The van der Waals surface area contributed by atoms with E-state index < -0.39 is 0 Å². The maximum atomic E-state index is 2.35. The minimum atomic E-state index is 1.10. The van der Waals surface area contributed by atoms with Crippen molar-refractivity contribution in [2.24, 2.45) is 0 Å². The van der Waals surface area contributed by atoms with E-state index in [2.05, 4.69) is 166 Å². The Labute approximate surface area is 357 Å². The average molecular weight is 777 g/mol. The van der Waals surface area contributed by atoms with Gasteiger partial charge in [0.15, 0.2) is 0 Å². The molecule has 0 N–H and O–H groups in total. The third kappa shape index (κ3) is 7.34. The Morgan fingerprint density at radius 1 is 0.155 bits per heavy atom. The third-order valence-corrected chi connectivity index (χ3v) is 15.9. The summed E-state index contributed by atoms with van der Waals surface area (Å²) in [6, 6.07) is 0. The van der Waals surface area contributed by atoms with Gasteiger partial charge in [0.1, 0.15) is 0 Å². The van der Waals surface area contributed by atoms with Crippen molar-refractivity contribution in [2.45, 2.75) is 192 Å². The molecular weight excluding hydrogens is 697 g/mol. The maximum Gasteiger partial charge on any atom is -0.0114 e. The monoisotopic (exact) mass is 777 g/mol. The van der Waals surface area contributed by atoms with Gasteiger partial charge < -0.3 is 0 Å². The molecule has 5 rings (SSSR count). The molecule has 0 heterocycles. The van der Waals surface area contributed by atoms with Gasteiger partial charge in [0, 0.05) is 0 Å². The van der Waals surface area contributed by atoms with Gasteiger partial charge in [-0.3, -0.25) is 0 Å². The maximum absolute atomic E-state index is 2.35. The fraction of sp³-hybridized carbons (Fsp3) is 0.483. The molecule has 312 valence electrons. The van der Waals surface area contributed by atoms with Gasteiger partial charge in [-0.2, -0.15) is 0 Å². The second-order valence-electron chi connectivity index (χ2n) is 18.1. The van der Waals surface area contributed by atoms with Gasteiger partial charge in [0.25, 0.3) is 0 Å². The van der Waals surface area contributed by atoms with E-state index in [0.29, 0.717) is 0 Å². The standard InChI is InChI=1S/C34H46.C24H34/c1-15-29-17(3)21(7)31(22(8)18(29)4)33-25(11)27(13)34(28(14)26(33)12)32-23(9)19(5)30(16-2)20(6)24(32)10;1-11-21-13(3)17(7)23(18(8)14(21)4)24-19(9)15(5)22(12-2)16(6)20(24)10/h15-16H2,1-14H3;11-12H2,1-10H3. The van der Waals surface area contributed by atoms with Crippen LogP contribution in [-0.2, 0) is 25.7 Å². The molecule has 0 saturated heterocycles. The zero-order valence-corrected chi connectivity index (χ0v) is 41.8. The van der Waals surface area contributed by atoms with Crippen molar-refractivity contribution in [3.05, 3.63) is 134 Å². The molecule has 0 heteroatoms. The first kappa shape index (κ1) is 46.8. The lowest BCUT2D eigenvalue weighted by Crippen LogP contribution is -2.08. The van der Waals surface area contributed by atoms with Gasteiger partial charge in [0.2, 0.25) is 0 Å². The van der Waals surface area contributed by atoms with E-state index in [9.17, 15) is 0 Å². The predicted octanol–water partition coefficient (Wildman–Crippen LogP) is 16.8. The van der Waals surface area contributed by atoms with Crippen molar-refractivity contribution in [2.75, 3.05) is 0 Å². The smallest absolute Gasteiger partial charge is 0.0114 e. The normalized spacial score (nSPS) is 11.4. The highest BCUT2D eigenvalue weighted by molar-refractivity contribution is 5.89. The molecule has 0 unspecified atom stereocenters. The third-order valence-electron chi connectivity index (χ3n) is 15.9. The van der Waals surface area contributed by atoms with E-state index >= 15 is 0 Å². The molecule has 0 amide bonds. The van der Waals surface area contributed by atoms with Crippen LogP contribution < -0.4 is 0 Å². The summed E-state index contributed by atoms with van der Waals surface area (Å²) in [4.78, 5) is 0. The van der Waals surface area contributed by atoms with Crippen LogP contribution in [0.5, 0.6) is 0 Å². The van der Waals surface area contributed by atoms with Crippen LogP contribution in [0.25, 0.3) is 33.4 Å². The molecule has 0 radical (unpaired) electrons. The Balaban J connectivity index is 0.000000273. The van der Waals surface area contributed by atoms with Gasteiger partial charge in [-0.05, 0) is 331 Å². The lowest BCUT2D eigenvalue weighted by Gasteiger charge is -2.28. The van der Waals surface area contributed by atoms with Crippen LogP contribution in [-0.4, -0.2) is 0 Å². The number of hydrogen-bond donors (Lipinski definition) is 0. The Morgan fingerprint density at radius 2 is 0.241 bits per heavy atom. The van der Waals surface area contributed by atoms with E-state index in [4.69, 9.17) is 0 Å². The van der Waals surface area contributed by atoms with Crippen molar-refractivity contribution < 1.29 is 0 Å². The zero-order valence-electron chi connectivity index (χ0n) is 41.8. The molecule has 0 nitrogen and oxygen atoms in total. The highest BCUT2D eigenvalue weighted by Crippen LogP contribution is 2.46. The summed E-state index contributed by atoms with van der Waals surface area (Å²) < 4.78 is 0. The molecule has 0 fully saturated rings. The van der Waals surface area contributed by atoms with Crippen LogP contribution in [0.2, 0.25) is 0 Å². The molecule has 0 aliphatic carbocycles. The first-order valence-electron chi connectivity index (χ1n) is 22.5. The van der Waals surface area contributed by atoms with Crippen molar-refractivity contribution in [1.29, 1.82) is 0 Å². The quantitative estimate of drug-likeness (QED) is 0.154. The van der Waals surface area contributed by atoms with E-state index in [1.165, 1.54) is 167 Å². The summed E-state index contributed by atoms with van der Waals surface area (Å²) in [5, 5.41) is 0. The second-order valence-corrected chi connectivity index (χ2v) is 18.1. The molecule has 0 aliphatic rings. The number of rotatable bonds is 7. The summed E-state index contributed by atoms with van der Waals surface area (Å²) >= 11 is 0. The highest BCUT2D eigenvalue weighted by atomic mass is 14.3. The lowest BCUT2D eigenvalue weighted by atomic mass is 9.76. The molecule has 58 heavy (non-hydrogen) atoms. The first-order chi connectivity index (χ1) is 27.0. The van der Waals surface area contributed by atoms with Crippen molar-refractivity contribution >= 4 is 0 Å². The van der Waals surface area contributed by atoms with Crippen LogP contribution in [0.3, 0.4) is 0 Å². The molecule has 0 aromatic heterocycles. The van der Waals surface area contributed by atoms with Crippen LogP contribution in [0, 0.1) is 138 Å². The van der Waals surface area contributed by atoms with Crippen molar-refractivity contribution in [1.82, 2.24) is 0 Å². The van der Waals surface area contributed by atoms with Gasteiger partial charge in [0.05, 0.1) is 0 Å². The fourth-order valence-electron chi connectivity index (χ4n) is 11.2. The predicted molar refractivity (Wildman–Crippen MR) is 261 cm³/mol. The molecular formula is C58H80.